The minimum atomic E-state index is -0.390. The second-order valence-corrected chi connectivity index (χ2v) is 7.27. The van der Waals surface area contributed by atoms with Crippen molar-refractivity contribution in [3.8, 4) is 0 Å². The number of imidazole rings is 1. The number of thioether (sulfide) groups is 1. The van der Waals surface area contributed by atoms with Crippen LogP contribution in [0.2, 0.25) is 0 Å². The molecule has 0 saturated carbocycles. The Labute approximate surface area is 165 Å². The van der Waals surface area contributed by atoms with E-state index in [9.17, 15) is 4.79 Å². The topological polar surface area (TPSA) is 82.5 Å². The van der Waals surface area contributed by atoms with E-state index < -0.39 is 5.97 Å². The average molecular weight is 394 g/mol. The van der Waals surface area contributed by atoms with E-state index in [0.717, 1.165) is 16.1 Å². The van der Waals surface area contributed by atoms with Crippen LogP contribution in [0.4, 0.5) is 0 Å². The molecule has 3 aromatic heterocycles. The Hall–Kier alpha value is -3.13. The number of benzene rings is 1. The van der Waals surface area contributed by atoms with Crippen LogP contribution >= 0.6 is 11.8 Å². The van der Waals surface area contributed by atoms with Crippen molar-refractivity contribution in [3.63, 3.8) is 0 Å². The number of hydrogen-bond donors (Lipinski definition) is 0. The zero-order valence-electron chi connectivity index (χ0n) is 15.5. The summed E-state index contributed by atoms with van der Waals surface area (Å²) in [6.07, 6.45) is 3.79. The van der Waals surface area contributed by atoms with Crippen LogP contribution in [0.1, 0.15) is 33.3 Å². The molecule has 8 heteroatoms. The van der Waals surface area contributed by atoms with Crippen molar-refractivity contribution < 1.29 is 14.1 Å². The summed E-state index contributed by atoms with van der Waals surface area (Å²) in [5.41, 5.74) is 3.13. The molecule has 0 aliphatic heterocycles. The predicted octanol–water partition coefficient (Wildman–Crippen LogP) is 3.98. The van der Waals surface area contributed by atoms with Crippen LogP contribution in [0.15, 0.2) is 58.2 Å². The Bertz CT molecular complexity index is 1140. The standard InChI is InChI=1S/C20H18N4O3S/c1-13-6-5-9-24-10-15(22-19(13)24)11-26-20(25)16-7-3-4-8-17(16)28-12-18-21-14(2)23-27-18/h3-10H,11-12H2,1-2H3. The van der Waals surface area contributed by atoms with Crippen LogP contribution in [-0.4, -0.2) is 25.5 Å². The van der Waals surface area contributed by atoms with Gasteiger partial charge in [0.1, 0.15) is 12.3 Å². The molecular formula is C20H18N4O3S. The number of nitrogens with zero attached hydrogens (tertiary/aromatic N) is 4. The Kier molecular flexibility index (Phi) is 5.12. The number of esters is 1. The molecular weight excluding hydrogens is 376 g/mol. The number of rotatable bonds is 6. The SMILES string of the molecule is Cc1noc(CSc2ccccc2C(=O)OCc2cn3cccc(C)c3n2)n1. The van der Waals surface area contributed by atoms with E-state index >= 15 is 0 Å². The molecule has 4 aromatic rings. The molecule has 0 N–H and O–H groups in total. The summed E-state index contributed by atoms with van der Waals surface area (Å²) in [6, 6.07) is 11.3. The van der Waals surface area contributed by atoms with Crippen LogP contribution in [0.3, 0.4) is 0 Å². The van der Waals surface area contributed by atoms with Crippen molar-refractivity contribution in [3.05, 3.63) is 77.3 Å². The lowest BCUT2D eigenvalue weighted by Gasteiger charge is -2.07. The number of carbonyl (C=O) groups excluding carboxylic acids is 1. The average Bonchev–Trinajstić information content (AvgIpc) is 3.31. The molecule has 0 amide bonds. The molecule has 0 unspecified atom stereocenters. The van der Waals surface area contributed by atoms with Gasteiger partial charge in [-0.25, -0.2) is 9.78 Å². The third-order valence-electron chi connectivity index (χ3n) is 4.11. The van der Waals surface area contributed by atoms with Crippen molar-refractivity contribution in [2.75, 3.05) is 0 Å². The van der Waals surface area contributed by atoms with E-state index in [2.05, 4.69) is 15.1 Å². The van der Waals surface area contributed by atoms with Gasteiger partial charge in [0.05, 0.1) is 17.0 Å². The summed E-state index contributed by atoms with van der Waals surface area (Å²) in [5, 5.41) is 3.77. The maximum Gasteiger partial charge on any atom is 0.339 e. The highest BCUT2D eigenvalue weighted by molar-refractivity contribution is 7.98. The lowest BCUT2D eigenvalue weighted by molar-refractivity contribution is 0.0464. The maximum absolute atomic E-state index is 12.6. The molecule has 0 saturated heterocycles. The molecule has 0 atom stereocenters. The van der Waals surface area contributed by atoms with E-state index in [-0.39, 0.29) is 6.61 Å². The van der Waals surface area contributed by atoms with E-state index in [1.165, 1.54) is 11.8 Å². The van der Waals surface area contributed by atoms with Gasteiger partial charge >= 0.3 is 5.97 Å². The van der Waals surface area contributed by atoms with Crippen molar-refractivity contribution in [1.82, 2.24) is 19.5 Å². The van der Waals surface area contributed by atoms with Crippen LogP contribution in [0.5, 0.6) is 0 Å². The Morgan fingerprint density at radius 2 is 2.04 bits per heavy atom. The number of aromatic nitrogens is 4. The smallest absolute Gasteiger partial charge is 0.339 e. The van der Waals surface area contributed by atoms with E-state index in [1.54, 1.807) is 13.0 Å². The second kappa shape index (κ2) is 7.85. The van der Waals surface area contributed by atoms with Crippen LogP contribution in [0.25, 0.3) is 5.65 Å². The van der Waals surface area contributed by atoms with Gasteiger partial charge in [-0.05, 0) is 37.6 Å². The molecule has 0 aliphatic carbocycles. The fourth-order valence-corrected chi connectivity index (χ4v) is 3.67. The van der Waals surface area contributed by atoms with E-state index in [0.29, 0.717) is 28.7 Å². The summed E-state index contributed by atoms with van der Waals surface area (Å²) in [6.45, 7) is 3.88. The van der Waals surface area contributed by atoms with Crippen molar-refractivity contribution in [2.45, 2.75) is 31.1 Å². The fraction of sp³-hybridized carbons (Fsp3) is 0.200. The quantitative estimate of drug-likeness (QED) is 0.361. The Morgan fingerprint density at radius 1 is 1.18 bits per heavy atom. The summed E-state index contributed by atoms with van der Waals surface area (Å²) < 4.78 is 12.5. The normalized spacial score (nSPS) is 11.1. The number of aryl methyl sites for hydroxylation is 2. The number of hydrogen-bond acceptors (Lipinski definition) is 7. The Balaban J connectivity index is 1.44. The molecule has 0 radical (unpaired) electrons. The van der Waals surface area contributed by atoms with Gasteiger partial charge in [0.15, 0.2) is 5.82 Å². The first kappa shape index (κ1) is 18.2. The van der Waals surface area contributed by atoms with E-state index in [1.807, 2.05) is 54.0 Å². The molecule has 0 fully saturated rings. The number of pyridine rings is 1. The minimum absolute atomic E-state index is 0.113. The monoisotopic (exact) mass is 394 g/mol. The second-order valence-electron chi connectivity index (χ2n) is 6.25. The largest absolute Gasteiger partial charge is 0.455 e. The van der Waals surface area contributed by atoms with Gasteiger partial charge in [-0.1, -0.05) is 23.4 Å². The number of ether oxygens (including phenoxy) is 1. The molecule has 0 spiro atoms. The summed E-state index contributed by atoms with van der Waals surface area (Å²) in [5.74, 6) is 1.20. The third-order valence-corrected chi connectivity index (χ3v) is 5.16. The van der Waals surface area contributed by atoms with Crippen molar-refractivity contribution >= 4 is 23.4 Å². The first-order valence-corrected chi connectivity index (χ1v) is 9.70. The number of carbonyl (C=O) groups is 1. The Morgan fingerprint density at radius 3 is 2.82 bits per heavy atom. The van der Waals surface area contributed by atoms with Gasteiger partial charge in [0.2, 0.25) is 5.89 Å². The molecule has 1 aromatic carbocycles. The van der Waals surface area contributed by atoms with Crippen LogP contribution < -0.4 is 0 Å². The molecule has 4 rings (SSSR count). The molecule has 0 aliphatic rings. The maximum atomic E-state index is 12.6. The number of fused-ring (bicyclic) bond motifs is 1. The fourth-order valence-electron chi connectivity index (χ4n) is 2.79. The summed E-state index contributed by atoms with van der Waals surface area (Å²) >= 11 is 1.45. The zero-order chi connectivity index (χ0) is 19.5. The van der Waals surface area contributed by atoms with Crippen LogP contribution in [0, 0.1) is 13.8 Å². The highest BCUT2D eigenvalue weighted by atomic mass is 32.2. The van der Waals surface area contributed by atoms with Gasteiger partial charge in [0.25, 0.3) is 0 Å². The van der Waals surface area contributed by atoms with Crippen molar-refractivity contribution in [1.29, 1.82) is 0 Å². The van der Waals surface area contributed by atoms with Gasteiger partial charge in [-0.3, -0.25) is 0 Å². The van der Waals surface area contributed by atoms with Gasteiger partial charge in [-0.15, -0.1) is 11.8 Å². The molecule has 3 heterocycles. The summed E-state index contributed by atoms with van der Waals surface area (Å²) in [4.78, 5) is 22.1. The summed E-state index contributed by atoms with van der Waals surface area (Å²) in [7, 11) is 0. The highest BCUT2D eigenvalue weighted by Gasteiger charge is 2.15. The molecule has 142 valence electrons. The van der Waals surface area contributed by atoms with Gasteiger partial charge in [-0.2, -0.15) is 4.98 Å². The lowest BCUT2D eigenvalue weighted by atomic mass is 10.2. The van der Waals surface area contributed by atoms with Crippen LogP contribution in [-0.2, 0) is 17.1 Å². The van der Waals surface area contributed by atoms with E-state index in [4.69, 9.17) is 9.26 Å². The first-order valence-electron chi connectivity index (χ1n) is 8.71. The molecule has 0 bridgehead atoms. The van der Waals surface area contributed by atoms with Gasteiger partial charge in [0, 0.05) is 17.3 Å². The van der Waals surface area contributed by atoms with Gasteiger partial charge < -0.3 is 13.7 Å². The minimum Gasteiger partial charge on any atom is -0.455 e. The zero-order valence-corrected chi connectivity index (χ0v) is 16.3. The lowest BCUT2D eigenvalue weighted by Crippen LogP contribution is -2.07. The molecule has 28 heavy (non-hydrogen) atoms. The van der Waals surface area contributed by atoms with Crippen molar-refractivity contribution in [2.24, 2.45) is 0 Å². The molecule has 7 nitrogen and oxygen atoms in total. The highest BCUT2D eigenvalue weighted by Crippen LogP contribution is 2.26. The predicted molar refractivity (Wildman–Crippen MR) is 104 cm³/mol. The first-order chi connectivity index (χ1) is 13.6. The third kappa shape index (κ3) is 3.91.